The number of aryl methyl sites for hydroxylation is 1. The third-order valence-corrected chi connectivity index (χ3v) is 8.36. The van der Waals surface area contributed by atoms with E-state index in [0.29, 0.717) is 30.0 Å². The van der Waals surface area contributed by atoms with E-state index in [-0.39, 0.29) is 18.7 Å². The second-order valence-corrected chi connectivity index (χ2v) is 11.4. The molecule has 172 valence electrons. The lowest BCUT2D eigenvalue weighted by molar-refractivity contribution is -0.445. The highest BCUT2D eigenvalue weighted by atomic mass is 32.2. The Morgan fingerprint density at radius 2 is 2.06 bits per heavy atom. The summed E-state index contributed by atoms with van der Waals surface area (Å²) in [6.45, 7) is 3.56. The Labute approximate surface area is 191 Å². The molecule has 0 bridgehead atoms. The summed E-state index contributed by atoms with van der Waals surface area (Å²) in [5.41, 5.74) is -0.0477. The van der Waals surface area contributed by atoms with Gasteiger partial charge in [-0.25, -0.2) is 17.9 Å². The van der Waals surface area contributed by atoms with E-state index >= 15 is 0 Å². The number of amides is 3. The number of nitriles is 1. The normalized spacial score (nSPS) is 24.9. The van der Waals surface area contributed by atoms with Crippen LogP contribution in [0.25, 0.3) is 0 Å². The van der Waals surface area contributed by atoms with Crippen LogP contribution in [-0.2, 0) is 21.4 Å². The number of nitrogens with one attached hydrogen (secondary N) is 1. The van der Waals surface area contributed by atoms with Crippen molar-refractivity contribution in [2.45, 2.75) is 56.9 Å². The predicted octanol–water partition coefficient (Wildman–Crippen LogP) is 1.54. The summed E-state index contributed by atoms with van der Waals surface area (Å²) in [7, 11) is -3.77. The van der Waals surface area contributed by atoms with Gasteiger partial charge >= 0.3 is 11.9 Å². The Bertz CT molecular complexity index is 1300. The molecule has 1 aromatic rings. The van der Waals surface area contributed by atoms with Crippen LogP contribution in [0.1, 0.15) is 44.1 Å². The van der Waals surface area contributed by atoms with Gasteiger partial charge in [0.05, 0.1) is 17.2 Å². The molecular formula is C22H24N5O5S+. The van der Waals surface area contributed by atoms with Crippen LogP contribution in [0.15, 0.2) is 34.4 Å². The minimum atomic E-state index is -3.77. The van der Waals surface area contributed by atoms with Crippen LogP contribution in [0.3, 0.4) is 0 Å². The number of fused-ring (bicyclic) bond motifs is 1. The molecule has 1 aromatic heterocycles. The Kier molecular flexibility index (Phi) is 4.74. The highest BCUT2D eigenvalue weighted by molar-refractivity contribution is 7.90. The number of carbonyl (C=O) groups excluding carboxylic acids is 2. The molecular weight excluding hydrogens is 446 g/mol. The van der Waals surface area contributed by atoms with Crippen LogP contribution in [-0.4, -0.2) is 58.0 Å². The summed E-state index contributed by atoms with van der Waals surface area (Å²) in [6, 6.07) is 3.33. The van der Waals surface area contributed by atoms with E-state index in [1.54, 1.807) is 13.0 Å². The van der Waals surface area contributed by atoms with Crippen molar-refractivity contribution in [3.8, 4) is 6.07 Å². The zero-order chi connectivity index (χ0) is 23.6. The second kappa shape index (κ2) is 7.20. The largest absolute Gasteiger partial charge is 0.501 e. The maximum atomic E-state index is 13.4. The Hall–Kier alpha value is -3.10. The first-order valence-corrected chi connectivity index (χ1v) is 12.4. The molecule has 3 aliphatic carbocycles. The van der Waals surface area contributed by atoms with Gasteiger partial charge in [0.25, 0.3) is 0 Å². The van der Waals surface area contributed by atoms with E-state index in [0.717, 1.165) is 17.7 Å². The van der Waals surface area contributed by atoms with Crippen molar-refractivity contribution in [3.05, 3.63) is 41.3 Å². The van der Waals surface area contributed by atoms with Crippen molar-refractivity contribution in [3.63, 3.8) is 0 Å². The predicted molar refractivity (Wildman–Crippen MR) is 115 cm³/mol. The van der Waals surface area contributed by atoms with Crippen LogP contribution in [0.5, 0.6) is 0 Å². The maximum Gasteiger partial charge on any atom is 0.501 e. The zero-order valence-corrected chi connectivity index (χ0v) is 19.2. The van der Waals surface area contributed by atoms with E-state index in [1.807, 2.05) is 6.92 Å². The molecule has 33 heavy (non-hydrogen) atoms. The number of urea groups is 1. The molecule has 1 unspecified atom stereocenters. The molecule has 1 aliphatic heterocycles. The van der Waals surface area contributed by atoms with E-state index in [2.05, 4.69) is 15.9 Å². The fourth-order valence-corrected chi connectivity index (χ4v) is 5.70. The SMILES string of the molecule is Cc1cc(CN2C(=O)C3=CC(S(=O)(=O)NC4(C)CC4)C=CC3=[N+](CC3(C#N)CC3)C2=O)on1. The molecule has 0 radical (unpaired) electrons. The van der Waals surface area contributed by atoms with Crippen molar-refractivity contribution < 1.29 is 27.1 Å². The van der Waals surface area contributed by atoms with Gasteiger partial charge in [-0.05, 0) is 51.7 Å². The van der Waals surface area contributed by atoms with Crippen LogP contribution in [0, 0.1) is 23.7 Å². The molecule has 2 fully saturated rings. The number of sulfonamides is 1. The number of carbonyl (C=O) groups is 2. The smallest absolute Gasteiger partial charge is 0.357 e. The molecule has 3 amide bonds. The lowest BCUT2D eigenvalue weighted by atomic mass is 9.98. The lowest BCUT2D eigenvalue weighted by Crippen LogP contribution is -2.53. The number of hydrogen-bond acceptors (Lipinski definition) is 7. The van der Waals surface area contributed by atoms with Crippen molar-refractivity contribution in [2.75, 3.05) is 6.54 Å². The molecule has 5 rings (SSSR count). The number of aromatic nitrogens is 1. The van der Waals surface area contributed by atoms with Gasteiger partial charge in [-0.3, -0.25) is 0 Å². The molecule has 1 N–H and O–H groups in total. The van der Waals surface area contributed by atoms with E-state index in [9.17, 15) is 23.3 Å². The van der Waals surface area contributed by atoms with Crippen molar-refractivity contribution in [2.24, 2.45) is 5.41 Å². The molecule has 10 nitrogen and oxygen atoms in total. The van der Waals surface area contributed by atoms with Gasteiger partial charge in [0.15, 0.2) is 12.3 Å². The van der Waals surface area contributed by atoms with Crippen LogP contribution in [0.4, 0.5) is 4.79 Å². The molecule has 11 heteroatoms. The number of rotatable bonds is 7. The third-order valence-electron chi connectivity index (χ3n) is 6.57. The summed E-state index contributed by atoms with van der Waals surface area (Å²) >= 11 is 0. The van der Waals surface area contributed by atoms with Crippen molar-refractivity contribution in [1.29, 1.82) is 5.26 Å². The average molecular weight is 471 g/mol. The van der Waals surface area contributed by atoms with E-state index in [1.165, 1.54) is 22.8 Å². The van der Waals surface area contributed by atoms with Gasteiger partial charge in [0, 0.05) is 11.6 Å². The van der Waals surface area contributed by atoms with Crippen LogP contribution >= 0.6 is 0 Å². The topological polar surface area (TPSA) is 136 Å². The molecule has 2 heterocycles. The zero-order valence-electron chi connectivity index (χ0n) is 18.4. The minimum Gasteiger partial charge on any atom is -0.357 e. The molecule has 4 aliphatic rings. The van der Waals surface area contributed by atoms with Crippen LogP contribution in [0.2, 0.25) is 0 Å². The lowest BCUT2D eigenvalue weighted by Gasteiger charge is -2.26. The Morgan fingerprint density at radius 3 is 2.64 bits per heavy atom. The second-order valence-electron chi connectivity index (χ2n) is 9.58. The summed E-state index contributed by atoms with van der Waals surface area (Å²) in [5, 5.41) is 12.3. The fraction of sp³-hybridized carbons (Fsp3) is 0.500. The quantitative estimate of drug-likeness (QED) is 0.597. The Morgan fingerprint density at radius 1 is 1.33 bits per heavy atom. The van der Waals surface area contributed by atoms with Gasteiger partial charge < -0.3 is 4.52 Å². The van der Waals surface area contributed by atoms with Gasteiger partial charge in [-0.2, -0.15) is 14.6 Å². The third kappa shape index (κ3) is 3.94. The van der Waals surface area contributed by atoms with Crippen LogP contribution < -0.4 is 4.72 Å². The molecule has 1 atom stereocenters. The number of imide groups is 1. The first-order chi connectivity index (χ1) is 15.5. The molecule has 0 saturated heterocycles. The van der Waals surface area contributed by atoms with E-state index in [4.69, 9.17) is 4.52 Å². The monoisotopic (exact) mass is 470 g/mol. The first kappa shape index (κ1) is 21.7. The summed E-state index contributed by atoms with van der Waals surface area (Å²) in [5.74, 6) is -0.275. The standard InChI is InChI=1S/C22H24N5O5S/c1-14-9-15(32-24-14)11-26-19(28)17-10-16(33(30,31)25-21(2)5-6-21)3-4-18(17)27(20(26)29)13-22(12-23)7-8-22/h3-4,9-10,16,25H,5-8,11,13H2,1-2H3/q+1. The van der Waals surface area contributed by atoms with Gasteiger partial charge in [0.2, 0.25) is 10.0 Å². The summed E-state index contributed by atoms with van der Waals surface area (Å²) in [6.07, 6.45) is 7.22. The molecule has 2 saturated carbocycles. The van der Waals surface area contributed by atoms with Crippen molar-refractivity contribution >= 4 is 27.7 Å². The minimum absolute atomic E-state index is 0.124. The maximum absolute atomic E-state index is 13.4. The number of allylic oxidation sites excluding steroid dienone is 1. The van der Waals surface area contributed by atoms with E-state index < -0.39 is 38.2 Å². The van der Waals surface area contributed by atoms with Gasteiger partial charge in [-0.1, -0.05) is 11.2 Å². The average Bonchev–Trinajstić information content (AvgIpc) is 3.67. The summed E-state index contributed by atoms with van der Waals surface area (Å²) < 4.78 is 35.2. The highest BCUT2D eigenvalue weighted by Gasteiger charge is 2.53. The molecule has 0 aromatic carbocycles. The summed E-state index contributed by atoms with van der Waals surface area (Å²) in [4.78, 5) is 27.7. The number of nitrogens with zero attached hydrogens (tertiary/aromatic N) is 4. The fourth-order valence-electron chi connectivity index (χ4n) is 4.07. The van der Waals surface area contributed by atoms with Crippen molar-refractivity contribution in [1.82, 2.24) is 14.8 Å². The van der Waals surface area contributed by atoms with Gasteiger partial charge in [0.1, 0.15) is 23.1 Å². The van der Waals surface area contributed by atoms with Gasteiger partial charge in [-0.15, -0.1) is 4.90 Å². The first-order valence-electron chi connectivity index (χ1n) is 10.8. The number of hydrogen-bond donors (Lipinski definition) is 1. The molecule has 0 spiro atoms. The highest BCUT2D eigenvalue weighted by Crippen LogP contribution is 2.45. The Balaban J connectivity index is 1.54.